The minimum Gasteiger partial charge on any atom is -0.618 e. The fraction of sp³-hybridized carbons (Fsp3) is 0.400. The summed E-state index contributed by atoms with van der Waals surface area (Å²) in [5, 5.41) is 11.9. The molecule has 0 radical (unpaired) electrons. The Morgan fingerprint density at radius 3 is 2.35 bits per heavy atom. The van der Waals surface area contributed by atoms with E-state index < -0.39 is 11.2 Å². The fourth-order valence-corrected chi connectivity index (χ4v) is 1.68. The summed E-state index contributed by atoms with van der Waals surface area (Å²) in [6.45, 7) is 3.24. The first-order chi connectivity index (χ1) is 7.86. The second-order valence-electron chi connectivity index (χ2n) is 3.95. The van der Waals surface area contributed by atoms with Gasteiger partial charge in [-0.3, -0.25) is 13.9 Å². The second-order valence-corrected chi connectivity index (χ2v) is 3.95. The average molecular weight is 236 g/mol. The van der Waals surface area contributed by atoms with Crippen molar-refractivity contribution in [1.82, 2.24) is 14.1 Å². The van der Waals surface area contributed by atoms with Gasteiger partial charge in [0.05, 0.1) is 0 Å². The van der Waals surface area contributed by atoms with Gasteiger partial charge in [0.25, 0.3) is 0 Å². The van der Waals surface area contributed by atoms with Gasteiger partial charge < -0.3 is 5.21 Å². The van der Waals surface area contributed by atoms with Crippen molar-refractivity contribution in [2.24, 2.45) is 14.1 Å². The number of fused-ring (bicyclic) bond motifs is 1. The zero-order chi connectivity index (χ0) is 12.9. The molecule has 2 aromatic heterocycles. The van der Waals surface area contributed by atoms with Crippen LogP contribution in [0.2, 0.25) is 0 Å². The van der Waals surface area contributed by atoms with Crippen molar-refractivity contribution in [2.75, 3.05) is 0 Å². The highest BCUT2D eigenvalue weighted by atomic mass is 16.5. The molecule has 0 unspecified atom stereocenters. The van der Waals surface area contributed by atoms with Gasteiger partial charge in [0.1, 0.15) is 5.69 Å². The Morgan fingerprint density at radius 2 is 1.76 bits per heavy atom. The SMILES string of the molecule is Cc1nc2c(c(=O)n(C)c(=O)n2C)[n+]([O-])c1C. The van der Waals surface area contributed by atoms with Crippen molar-refractivity contribution < 1.29 is 4.73 Å². The van der Waals surface area contributed by atoms with Crippen LogP contribution in [-0.2, 0) is 14.1 Å². The fourth-order valence-electron chi connectivity index (χ4n) is 1.68. The molecule has 0 aliphatic heterocycles. The molecule has 0 aliphatic rings. The van der Waals surface area contributed by atoms with E-state index in [1.165, 1.54) is 18.7 Å². The Labute approximate surface area is 96.2 Å². The van der Waals surface area contributed by atoms with Crippen LogP contribution in [0.25, 0.3) is 11.2 Å². The van der Waals surface area contributed by atoms with Gasteiger partial charge in [0, 0.05) is 21.0 Å². The molecule has 0 aliphatic carbocycles. The van der Waals surface area contributed by atoms with Gasteiger partial charge in [-0.15, -0.1) is 0 Å². The molecule has 7 nitrogen and oxygen atoms in total. The van der Waals surface area contributed by atoms with Crippen LogP contribution in [0, 0.1) is 19.1 Å². The van der Waals surface area contributed by atoms with Crippen molar-refractivity contribution in [2.45, 2.75) is 13.8 Å². The molecule has 0 saturated carbocycles. The van der Waals surface area contributed by atoms with Crippen molar-refractivity contribution in [1.29, 1.82) is 0 Å². The Kier molecular flexibility index (Phi) is 2.27. The summed E-state index contributed by atoms with van der Waals surface area (Å²) in [7, 11) is 2.81. The molecule has 0 bridgehead atoms. The van der Waals surface area contributed by atoms with Crippen molar-refractivity contribution in [3.63, 3.8) is 0 Å². The number of nitrogens with zero attached hydrogens (tertiary/aromatic N) is 4. The second kappa shape index (κ2) is 3.41. The summed E-state index contributed by atoms with van der Waals surface area (Å²) < 4.78 is 2.62. The third-order valence-electron chi connectivity index (χ3n) is 2.92. The highest BCUT2D eigenvalue weighted by molar-refractivity contribution is 5.65. The molecule has 0 atom stereocenters. The van der Waals surface area contributed by atoms with Crippen molar-refractivity contribution in [3.8, 4) is 0 Å². The van der Waals surface area contributed by atoms with Crippen LogP contribution in [-0.4, -0.2) is 14.1 Å². The topological polar surface area (TPSA) is 83.8 Å². The summed E-state index contributed by atoms with van der Waals surface area (Å²) in [6, 6.07) is 0. The summed E-state index contributed by atoms with van der Waals surface area (Å²) in [6.07, 6.45) is 0. The number of aromatic nitrogens is 4. The van der Waals surface area contributed by atoms with Crippen molar-refractivity contribution in [3.05, 3.63) is 37.4 Å². The van der Waals surface area contributed by atoms with Crippen LogP contribution in [0.3, 0.4) is 0 Å². The van der Waals surface area contributed by atoms with E-state index in [-0.39, 0.29) is 11.2 Å². The number of aryl methyl sites for hydroxylation is 2. The molecule has 2 rings (SSSR count). The number of rotatable bonds is 0. The normalized spacial score (nSPS) is 11.1. The van der Waals surface area contributed by atoms with E-state index >= 15 is 0 Å². The van der Waals surface area contributed by atoms with E-state index in [0.717, 1.165) is 4.57 Å². The highest BCUT2D eigenvalue weighted by Gasteiger charge is 2.20. The molecule has 0 fully saturated rings. The van der Waals surface area contributed by atoms with Gasteiger partial charge >= 0.3 is 16.8 Å². The van der Waals surface area contributed by atoms with E-state index in [1.54, 1.807) is 13.8 Å². The Bertz CT molecular complexity index is 742. The Morgan fingerprint density at radius 1 is 1.18 bits per heavy atom. The molecular weight excluding hydrogens is 224 g/mol. The minimum absolute atomic E-state index is 0.108. The molecule has 0 aromatic carbocycles. The van der Waals surface area contributed by atoms with E-state index in [1.807, 2.05) is 0 Å². The minimum atomic E-state index is -0.631. The van der Waals surface area contributed by atoms with E-state index in [4.69, 9.17) is 0 Å². The monoisotopic (exact) mass is 236 g/mol. The van der Waals surface area contributed by atoms with E-state index in [2.05, 4.69) is 4.98 Å². The predicted octanol–water partition coefficient (Wildman–Crippen LogP) is -1.12. The number of hydrogen-bond acceptors (Lipinski definition) is 4. The van der Waals surface area contributed by atoms with Crippen LogP contribution >= 0.6 is 0 Å². The number of hydrogen-bond donors (Lipinski definition) is 0. The van der Waals surface area contributed by atoms with Crippen LogP contribution in [0.5, 0.6) is 0 Å². The quantitative estimate of drug-likeness (QED) is 0.428. The zero-order valence-electron chi connectivity index (χ0n) is 10.0. The lowest BCUT2D eigenvalue weighted by atomic mass is 10.3. The van der Waals surface area contributed by atoms with Gasteiger partial charge in [-0.1, -0.05) is 0 Å². The molecule has 0 saturated heterocycles. The standard InChI is InChI=1S/C10H12N4O3/c1-5-6(2)14(17)7-8(11-5)12(3)10(16)13(4)9(7)15/h1-4H3. The first-order valence-corrected chi connectivity index (χ1v) is 5.02. The Hall–Kier alpha value is -2.18. The Balaban J connectivity index is 3.24. The molecule has 2 aromatic rings. The smallest absolute Gasteiger partial charge is 0.332 e. The molecule has 17 heavy (non-hydrogen) atoms. The summed E-state index contributed by atoms with van der Waals surface area (Å²) in [5.74, 6) is 0. The van der Waals surface area contributed by atoms with Gasteiger partial charge in [-0.2, -0.15) is 4.73 Å². The van der Waals surface area contributed by atoms with Gasteiger partial charge in [-0.25, -0.2) is 9.78 Å². The average Bonchev–Trinajstić information content (AvgIpc) is 2.30. The van der Waals surface area contributed by atoms with Gasteiger partial charge in [-0.05, 0) is 6.92 Å². The van der Waals surface area contributed by atoms with Gasteiger partial charge in [0.15, 0.2) is 0 Å². The lowest BCUT2D eigenvalue weighted by Gasteiger charge is -2.09. The van der Waals surface area contributed by atoms with Crippen LogP contribution in [0.1, 0.15) is 11.4 Å². The lowest BCUT2D eigenvalue weighted by molar-refractivity contribution is -0.585. The lowest BCUT2D eigenvalue weighted by Crippen LogP contribution is -2.45. The summed E-state index contributed by atoms with van der Waals surface area (Å²) in [4.78, 5) is 27.7. The molecule has 0 N–H and O–H groups in total. The molecular formula is C10H12N4O3. The van der Waals surface area contributed by atoms with Gasteiger partial charge in [0.2, 0.25) is 11.3 Å². The summed E-state index contributed by atoms with van der Waals surface area (Å²) >= 11 is 0. The zero-order valence-corrected chi connectivity index (χ0v) is 10.0. The first kappa shape index (κ1) is 11.3. The maximum atomic E-state index is 11.9. The first-order valence-electron chi connectivity index (χ1n) is 5.02. The van der Waals surface area contributed by atoms with E-state index in [0.29, 0.717) is 16.1 Å². The summed E-state index contributed by atoms with van der Waals surface area (Å²) in [5.41, 5.74) is -0.287. The highest BCUT2D eigenvalue weighted by Crippen LogP contribution is 2.03. The molecule has 0 amide bonds. The van der Waals surface area contributed by atoms with Crippen LogP contribution in [0.15, 0.2) is 9.59 Å². The molecule has 2 heterocycles. The molecule has 7 heteroatoms. The van der Waals surface area contributed by atoms with E-state index in [9.17, 15) is 14.8 Å². The van der Waals surface area contributed by atoms with Crippen molar-refractivity contribution >= 4 is 11.2 Å². The molecule has 90 valence electrons. The molecule has 0 spiro atoms. The van der Waals surface area contributed by atoms with Crippen LogP contribution in [0.4, 0.5) is 0 Å². The largest absolute Gasteiger partial charge is 0.618 e. The maximum Gasteiger partial charge on any atom is 0.332 e. The third kappa shape index (κ3) is 1.35. The van der Waals surface area contributed by atoms with Crippen LogP contribution < -0.4 is 16.0 Å². The predicted molar refractivity (Wildman–Crippen MR) is 60.7 cm³/mol. The third-order valence-corrected chi connectivity index (χ3v) is 2.92. The maximum absolute atomic E-state index is 11.9.